The van der Waals surface area contributed by atoms with E-state index in [0.29, 0.717) is 11.5 Å². The lowest BCUT2D eigenvalue weighted by Crippen LogP contribution is -1.95. The Labute approximate surface area is 106 Å². The molecule has 0 radical (unpaired) electrons. The minimum Gasteiger partial charge on any atom is -0.340 e. The molecule has 1 aromatic heterocycles. The van der Waals surface area contributed by atoms with Crippen molar-refractivity contribution in [2.75, 3.05) is 5.32 Å². The Kier molecular flexibility index (Phi) is 3.38. The van der Waals surface area contributed by atoms with Gasteiger partial charge in [0.25, 0.3) is 0 Å². The van der Waals surface area contributed by atoms with E-state index < -0.39 is 11.6 Å². The van der Waals surface area contributed by atoms with E-state index in [-0.39, 0.29) is 0 Å². The molecule has 1 aromatic carbocycles. The zero-order valence-electron chi connectivity index (χ0n) is 8.97. The highest BCUT2D eigenvalue weighted by Gasteiger charge is 2.03. The number of pyridine rings is 1. The zero-order valence-corrected chi connectivity index (χ0v) is 10.6. The molecule has 2 rings (SSSR count). The third kappa shape index (κ3) is 3.00. The summed E-state index contributed by atoms with van der Waals surface area (Å²) in [6.07, 6.45) is 1.63. The van der Waals surface area contributed by atoms with Crippen molar-refractivity contribution in [3.05, 3.63) is 52.1 Å². The van der Waals surface area contributed by atoms with E-state index in [1.54, 1.807) is 12.3 Å². The molecule has 0 bridgehead atoms. The molecule has 0 spiro atoms. The predicted molar refractivity (Wildman–Crippen MR) is 66.3 cm³/mol. The molecule has 0 atom stereocenters. The SMILES string of the molecule is Cc1cc(Nc2cc(F)cc(F)c2)ncc1Br. The maximum atomic E-state index is 13.0. The van der Waals surface area contributed by atoms with Gasteiger partial charge in [0.05, 0.1) is 0 Å². The fourth-order valence-corrected chi connectivity index (χ4v) is 1.60. The van der Waals surface area contributed by atoms with Gasteiger partial charge in [0.2, 0.25) is 0 Å². The standard InChI is InChI=1S/C12H9BrF2N2/c1-7-2-12(16-6-11(7)13)17-10-4-8(14)3-9(15)5-10/h2-6H,1H3,(H,16,17). The fraction of sp³-hybridized carbons (Fsp3) is 0.0833. The van der Waals surface area contributed by atoms with E-state index in [4.69, 9.17) is 0 Å². The van der Waals surface area contributed by atoms with Crippen LogP contribution in [-0.2, 0) is 0 Å². The summed E-state index contributed by atoms with van der Waals surface area (Å²) in [6.45, 7) is 1.91. The largest absolute Gasteiger partial charge is 0.340 e. The summed E-state index contributed by atoms with van der Waals surface area (Å²) in [5.74, 6) is -0.710. The molecule has 0 aliphatic rings. The molecule has 5 heteroatoms. The third-order valence-electron chi connectivity index (χ3n) is 2.18. The molecule has 0 aliphatic heterocycles. The second-order valence-corrected chi connectivity index (χ2v) is 4.46. The molecule has 0 fully saturated rings. The van der Waals surface area contributed by atoms with Crippen molar-refractivity contribution in [2.24, 2.45) is 0 Å². The van der Waals surface area contributed by atoms with Crippen molar-refractivity contribution in [3.63, 3.8) is 0 Å². The lowest BCUT2D eigenvalue weighted by atomic mass is 10.2. The Balaban J connectivity index is 2.28. The van der Waals surface area contributed by atoms with E-state index >= 15 is 0 Å². The molecule has 17 heavy (non-hydrogen) atoms. The van der Waals surface area contributed by atoms with Gasteiger partial charge in [-0.05, 0) is 46.6 Å². The van der Waals surface area contributed by atoms with Crippen LogP contribution in [0, 0.1) is 18.6 Å². The first-order valence-corrected chi connectivity index (χ1v) is 5.69. The fourth-order valence-electron chi connectivity index (χ4n) is 1.38. The number of aromatic nitrogens is 1. The van der Waals surface area contributed by atoms with Crippen LogP contribution in [0.1, 0.15) is 5.56 Å². The number of nitrogens with zero attached hydrogens (tertiary/aromatic N) is 1. The third-order valence-corrected chi connectivity index (χ3v) is 3.01. The monoisotopic (exact) mass is 298 g/mol. The van der Waals surface area contributed by atoms with Crippen LogP contribution in [0.4, 0.5) is 20.3 Å². The Morgan fingerprint density at radius 1 is 1.12 bits per heavy atom. The summed E-state index contributed by atoms with van der Waals surface area (Å²) in [7, 11) is 0. The number of anilines is 2. The molecule has 88 valence electrons. The second-order valence-electron chi connectivity index (χ2n) is 3.60. The minimum atomic E-state index is -0.624. The first-order valence-electron chi connectivity index (χ1n) is 4.90. The van der Waals surface area contributed by atoms with Crippen molar-refractivity contribution in [1.29, 1.82) is 0 Å². The maximum Gasteiger partial charge on any atom is 0.130 e. The van der Waals surface area contributed by atoms with Crippen LogP contribution in [0.3, 0.4) is 0 Å². The highest BCUT2D eigenvalue weighted by atomic mass is 79.9. The summed E-state index contributed by atoms with van der Waals surface area (Å²) in [6, 6.07) is 5.03. The highest BCUT2D eigenvalue weighted by Crippen LogP contribution is 2.21. The van der Waals surface area contributed by atoms with E-state index in [1.807, 2.05) is 6.92 Å². The second kappa shape index (κ2) is 4.79. The Morgan fingerprint density at radius 3 is 2.35 bits per heavy atom. The molecule has 2 aromatic rings. The first-order chi connectivity index (χ1) is 8.04. The average molecular weight is 299 g/mol. The van der Waals surface area contributed by atoms with E-state index in [1.165, 1.54) is 12.1 Å². The number of benzene rings is 1. The van der Waals surface area contributed by atoms with E-state index in [2.05, 4.69) is 26.2 Å². The molecule has 0 saturated heterocycles. The topological polar surface area (TPSA) is 24.9 Å². The molecular weight excluding hydrogens is 290 g/mol. The van der Waals surface area contributed by atoms with Crippen molar-refractivity contribution in [1.82, 2.24) is 4.98 Å². The molecule has 0 amide bonds. The van der Waals surface area contributed by atoms with Gasteiger partial charge in [-0.1, -0.05) is 0 Å². The van der Waals surface area contributed by atoms with Crippen molar-refractivity contribution >= 4 is 27.4 Å². The molecule has 2 nitrogen and oxygen atoms in total. The normalized spacial score (nSPS) is 10.4. The summed E-state index contributed by atoms with van der Waals surface area (Å²) in [4.78, 5) is 4.09. The van der Waals surface area contributed by atoms with Crippen molar-refractivity contribution in [2.45, 2.75) is 6.92 Å². The predicted octanol–water partition coefficient (Wildman–Crippen LogP) is 4.17. The smallest absolute Gasteiger partial charge is 0.130 e. The average Bonchev–Trinajstić information content (AvgIpc) is 2.22. The van der Waals surface area contributed by atoms with Crippen molar-refractivity contribution in [3.8, 4) is 0 Å². The maximum absolute atomic E-state index is 13.0. The van der Waals surface area contributed by atoms with Crippen LogP contribution in [0.2, 0.25) is 0 Å². The van der Waals surface area contributed by atoms with Gasteiger partial charge in [-0.2, -0.15) is 0 Å². The quantitative estimate of drug-likeness (QED) is 0.900. The van der Waals surface area contributed by atoms with Gasteiger partial charge in [-0.25, -0.2) is 13.8 Å². The number of hydrogen-bond acceptors (Lipinski definition) is 2. The van der Waals surface area contributed by atoms with Crippen LogP contribution >= 0.6 is 15.9 Å². The number of rotatable bonds is 2. The minimum absolute atomic E-state index is 0.330. The van der Waals surface area contributed by atoms with Gasteiger partial charge in [0.15, 0.2) is 0 Å². The Hall–Kier alpha value is -1.49. The van der Waals surface area contributed by atoms with Gasteiger partial charge >= 0.3 is 0 Å². The Bertz CT molecular complexity index is 538. The number of halogens is 3. The van der Waals surface area contributed by atoms with Crippen LogP contribution in [0.25, 0.3) is 0 Å². The van der Waals surface area contributed by atoms with E-state index in [9.17, 15) is 8.78 Å². The van der Waals surface area contributed by atoms with Gasteiger partial charge in [0, 0.05) is 22.4 Å². The molecule has 1 N–H and O–H groups in total. The van der Waals surface area contributed by atoms with Gasteiger partial charge < -0.3 is 5.32 Å². The van der Waals surface area contributed by atoms with Crippen LogP contribution in [0.5, 0.6) is 0 Å². The summed E-state index contributed by atoms with van der Waals surface area (Å²) in [5, 5.41) is 2.84. The summed E-state index contributed by atoms with van der Waals surface area (Å²) < 4.78 is 26.8. The zero-order chi connectivity index (χ0) is 12.4. The van der Waals surface area contributed by atoms with Gasteiger partial charge in [0.1, 0.15) is 17.5 Å². The summed E-state index contributed by atoms with van der Waals surface area (Å²) in [5.41, 5.74) is 1.32. The van der Waals surface area contributed by atoms with Crippen LogP contribution in [-0.4, -0.2) is 4.98 Å². The lowest BCUT2D eigenvalue weighted by Gasteiger charge is -2.07. The number of hydrogen-bond donors (Lipinski definition) is 1. The number of nitrogens with one attached hydrogen (secondary N) is 1. The number of aryl methyl sites for hydroxylation is 1. The molecule has 1 heterocycles. The highest BCUT2D eigenvalue weighted by molar-refractivity contribution is 9.10. The van der Waals surface area contributed by atoms with Gasteiger partial charge in [-0.3, -0.25) is 0 Å². The molecule has 0 saturated carbocycles. The molecular formula is C12H9BrF2N2. The van der Waals surface area contributed by atoms with Crippen LogP contribution in [0.15, 0.2) is 34.9 Å². The van der Waals surface area contributed by atoms with Crippen LogP contribution < -0.4 is 5.32 Å². The van der Waals surface area contributed by atoms with Crippen molar-refractivity contribution < 1.29 is 8.78 Å². The Morgan fingerprint density at radius 2 is 1.76 bits per heavy atom. The first kappa shape index (κ1) is 12.0. The summed E-state index contributed by atoms with van der Waals surface area (Å²) >= 11 is 3.33. The molecule has 0 aliphatic carbocycles. The van der Waals surface area contributed by atoms with E-state index in [0.717, 1.165) is 16.1 Å². The molecule has 0 unspecified atom stereocenters. The lowest BCUT2D eigenvalue weighted by molar-refractivity contribution is 0.584. The van der Waals surface area contributed by atoms with Gasteiger partial charge in [-0.15, -0.1) is 0 Å².